The number of rotatable bonds is 7. The molecule has 0 aliphatic carbocycles. The molecule has 180 valence electrons. The monoisotopic (exact) mass is 472 g/mol. The Kier molecular flexibility index (Phi) is 7.11. The molecule has 0 spiro atoms. The molecule has 0 amide bonds. The number of fused-ring (bicyclic) bond motifs is 1. The number of phenolic OH excluding ortho intramolecular Hbond substituents is 1. The van der Waals surface area contributed by atoms with Gasteiger partial charge in [0.2, 0.25) is 0 Å². The van der Waals surface area contributed by atoms with Crippen LogP contribution in [-0.2, 0) is 4.79 Å². The van der Waals surface area contributed by atoms with E-state index in [2.05, 4.69) is 13.0 Å². The Labute approximate surface area is 205 Å². The highest BCUT2D eigenvalue weighted by molar-refractivity contribution is 5.89. The van der Waals surface area contributed by atoms with Crippen LogP contribution in [0.5, 0.6) is 28.7 Å². The second-order valence-electron chi connectivity index (χ2n) is 8.22. The van der Waals surface area contributed by atoms with Crippen LogP contribution in [0.4, 0.5) is 0 Å². The number of esters is 1. The normalized spacial score (nSPS) is 16.8. The maximum Gasteiger partial charge on any atom is 0.336 e. The molecular weight excluding hydrogens is 444 g/mol. The van der Waals surface area contributed by atoms with Gasteiger partial charge >= 0.3 is 5.97 Å². The fourth-order valence-corrected chi connectivity index (χ4v) is 4.14. The fourth-order valence-electron chi connectivity index (χ4n) is 4.14. The van der Waals surface area contributed by atoms with E-state index in [9.17, 15) is 9.90 Å². The smallest absolute Gasteiger partial charge is 0.336 e. The van der Waals surface area contributed by atoms with Gasteiger partial charge in [0.25, 0.3) is 0 Å². The van der Waals surface area contributed by atoms with E-state index in [1.54, 1.807) is 43.5 Å². The zero-order valence-electron chi connectivity index (χ0n) is 20.1. The van der Waals surface area contributed by atoms with E-state index in [0.29, 0.717) is 17.2 Å². The number of allylic oxidation sites excluding steroid dienone is 1. The minimum atomic E-state index is -0.539. The van der Waals surface area contributed by atoms with Crippen molar-refractivity contribution in [1.82, 2.24) is 0 Å². The van der Waals surface area contributed by atoms with Crippen LogP contribution >= 0.6 is 0 Å². The molecule has 1 N–H and O–H groups in total. The second kappa shape index (κ2) is 10.4. The molecule has 0 saturated heterocycles. The molecule has 0 saturated carbocycles. The second-order valence-corrected chi connectivity index (χ2v) is 8.22. The van der Waals surface area contributed by atoms with E-state index in [-0.39, 0.29) is 17.8 Å². The molecule has 3 aromatic rings. The lowest BCUT2D eigenvalue weighted by molar-refractivity contribution is -0.129. The van der Waals surface area contributed by atoms with Gasteiger partial charge in [-0.05, 0) is 66.1 Å². The van der Waals surface area contributed by atoms with Crippen molar-refractivity contribution in [2.75, 3.05) is 14.2 Å². The molecule has 1 heterocycles. The molecule has 4 rings (SSSR count). The first-order chi connectivity index (χ1) is 16.9. The van der Waals surface area contributed by atoms with Crippen molar-refractivity contribution in [3.8, 4) is 28.7 Å². The van der Waals surface area contributed by atoms with Crippen molar-refractivity contribution >= 4 is 18.1 Å². The summed E-state index contributed by atoms with van der Waals surface area (Å²) >= 11 is 0. The number of aromatic hydroxyl groups is 1. The predicted octanol–water partition coefficient (Wildman–Crippen LogP) is 6.30. The molecule has 1 aliphatic rings. The van der Waals surface area contributed by atoms with Gasteiger partial charge in [0, 0.05) is 17.6 Å². The number of carbonyl (C=O) groups excluding carboxylic acids is 1. The first kappa shape index (κ1) is 24.0. The van der Waals surface area contributed by atoms with Gasteiger partial charge in [-0.25, -0.2) is 4.79 Å². The summed E-state index contributed by atoms with van der Waals surface area (Å²) in [5, 5.41) is 9.37. The van der Waals surface area contributed by atoms with Crippen molar-refractivity contribution in [3.63, 3.8) is 0 Å². The summed E-state index contributed by atoms with van der Waals surface area (Å²) in [5.41, 5.74) is 3.80. The Morgan fingerprint density at radius 2 is 1.66 bits per heavy atom. The van der Waals surface area contributed by atoms with Crippen molar-refractivity contribution < 1.29 is 28.8 Å². The summed E-state index contributed by atoms with van der Waals surface area (Å²) in [7, 11) is 3.17. The van der Waals surface area contributed by atoms with Gasteiger partial charge in [-0.15, -0.1) is 0 Å². The maximum atomic E-state index is 12.4. The highest BCUT2D eigenvalue weighted by Gasteiger charge is 2.35. The molecular formula is C29H28O6. The van der Waals surface area contributed by atoms with E-state index in [0.717, 1.165) is 28.0 Å². The quantitative estimate of drug-likeness (QED) is 0.247. The van der Waals surface area contributed by atoms with E-state index < -0.39 is 5.97 Å². The first-order valence-corrected chi connectivity index (χ1v) is 11.3. The van der Waals surface area contributed by atoms with E-state index in [1.807, 2.05) is 37.3 Å². The lowest BCUT2D eigenvalue weighted by atomic mass is 9.91. The van der Waals surface area contributed by atoms with Gasteiger partial charge in [0.1, 0.15) is 11.9 Å². The lowest BCUT2D eigenvalue weighted by Crippen LogP contribution is -2.09. The van der Waals surface area contributed by atoms with Gasteiger partial charge in [0.15, 0.2) is 23.0 Å². The molecule has 6 nitrogen and oxygen atoms in total. The third kappa shape index (κ3) is 5.17. The van der Waals surface area contributed by atoms with Crippen molar-refractivity contribution in [3.05, 3.63) is 89.0 Å². The highest BCUT2D eigenvalue weighted by Crippen LogP contribution is 2.51. The Balaban J connectivity index is 1.54. The van der Waals surface area contributed by atoms with Crippen LogP contribution in [0.25, 0.3) is 12.2 Å². The molecule has 6 heteroatoms. The number of benzene rings is 3. The van der Waals surface area contributed by atoms with Crippen molar-refractivity contribution in [2.45, 2.75) is 25.9 Å². The third-order valence-corrected chi connectivity index (χ3v) is 5.91. The standard InChI is InChI=1S/C29H28O6/c1-5-6-20-15-23-18(2)28(35-29(23)26(16-20)33-4)21-10-13-24(25(17-21)32-3)34-27(31)14-9-19-7-11-22(30)12-8-19/h5-18,28,30H,1-4H3/t18-,28-/m1/s1. The maximum absolute atomic E-state index is 12.4. The fraction of sp³-hybridized carbons (Fsp3) is 0.207. The van der Waals surface area contributed by atoms with E-state index >= 15 is 0 Å². The predicted molar refractivity (Wildman–Crippen MR) is 135 cm³/mol. The molecule has 0 radical (unpaired) electrons. The summed E-state index contributed by atoms with van der Waals surface area (Å²) < 4.78 is 22.9. The van der Waals surface area contributed by atoms with Crippen LogP contribution in [0.15, 0.2) is 66.7 Å². The van der Waals surface area contributed by atoms with Crippen LogP contribution < -0.4 is 18.9 Å². The van der Waals surface area contributed by atoms with Gasteiger partial charge in [-0.3, -0.25) is 0 Å². The molecule has 2 atom stereocenters. The van der Waals surface area contributed by atoms with E-state index in [4.69, 9.17) is 18.9 Å². The van der Waals surface area contributed by atoms with Crippen LogP contribution in [-0.4, -0.2) is 25.3 Å². The number of hydrogen-bond donors (Lipinski definition) is 1. The van der Waals surface area contributed by atoms with Gasteiger partial charge in [-0.1, -0.05) is 37.3 Å². The summed E-state index contributed by atoms with van der Waals surface area (Å²) in [5.74, 6) is 1.89. The minimum absolute atomic E-state index is 0.0791. The molecule has 3 aromatic carbocycles. The van der Waals surface area contributed by atoms with E-state index in [1.165, 1.54) is 13.2 Å². The number of methoxy groups -OCH3 is 2. The zero-order chi connectivity index (χ0) is 24.9. The minimum Gasteiger partial charge on any atom is -0.508 e. The van der Waals surface area contributed by atoms with Gasteiger partial charge < -0.3 is 24.1 Å². The summed E-state index contributed by atoms with van der Waals surface area (Å²) in [6, 6.07) is 16.0. The number of ether oxygens (including phenoxy) is 4. The molecule has 0 aromatic heterocycles. The average Bonchev–Trinajstić information content (AvgIpc) is 3.20. The van der Waals surface area contributed by atoms with Gasteiger partial charge in [0.05, 0.1) is 14.2 Å². The highest BCUT2D eigenvalue weighted by atomic mass is 16.6. The van der Waals surface area contributed by atoms with Crippen molar-refractivity contribution in [1.29, 1.82) is 0 Å². The number of hydrogen-bond acceptors (Lipinski definition) is 6. The van der Waals surface area contributed by atoms with Gasteiger partial charge in [-0.2, -0.15) is 0 Å². The lowest BCUT2D eigenvalue weighted by Gasteiger charge is -2.18. The number of carbonyl (C=O) groups is 1. The first-order valence-electron chi connectivity index (χ1n) is 11.3. The largest absolute Gasteiger partial charge is 0.508 e. The molecule has 0 unspecified atom stereocenters. The molecule has 0 bridgehead atoms. The Morgan fingerprint density at radius 1 is 0.914 bits per heavy atom. The topological polar surface area (TPSA) is 74.2 Å². The number of phenols is 1. The van der Waals surface area contributed by atoms with Crippen molar-refractivity contribution in [2.24, 2.45) is 0 Å². The Hall–Kier alpha value is -4.19. The summed E-state index contributed by atoms with van der Waals surface area (Å²) in [6.45, 7) is 4.09. The Morgan fingerprint density at radius 3 is 2.34 bits per heavy atom. The van der Waals surface area contributed by atoms with Crippen LogP contribution in [0.1, 0.15) is 48.1 Å². The molecule has 1 aliphatic heterocycles. The zero-order valence-corrected chi connectivity index (χ0v) is 20.1. The summed E-state index contributed by atoms with van der Waals surface area (Å²) in [4.78, 5) is 12.4. The average molecular weight is 473 g/mol. The SMILES string of the molecule is CC=Cc1cc(OC)c2c(c1)[C@@H](C)[C@H](c1ccc(OC(=O)C=Cc3ccc(O)cc3)c(OC)c1)O2. The third-order valence-electron chi connectivity index (χ3n) is 5.91. The van der Waals surface area contributed by atoms with Crippen LogP contribution in [0, 0.1) is 0 Å². The van der Waals surface area contributed by atoms with Crippen LogP contribution in [0.2, 0.25) is 0 Å². The molecule has 35 heavy (non-hydrogen) atoms. The van der Waals surface area contributed by atoms with Crippen LogP contribution in [0.3, 0.4) is 0 Å². The molecule has 0 fully saturated rings. The summed E-state index contributed by atoms with van der Waals surface area (Å²) in [6.07, 6.45) is 6.72. The Bertz CT molecular complexity index is 1270.